The summed E-state index contributed by atoms with van der Waals surface area (Å²) in [6.07, 6.45) is 10.5. The molecule has 29 heavy (non-hydrogen) atoms. The molecule has 0 saturated heterocycles. The summed E-state index contributed by atoms with van der Waals surface area (Å²) in [5.74, 6) is 3.70. The third-order valence-corrected chi connectivity index (χ3v) is 10.4. The van der Waals surface area contributed by atoms with Gasteiger partial charge in [0.05, 0.1) is 7.11 Å². The van der Waals surface area contributed by atoms with Crippen molar-refractivity contribution in [2.24, 2.45) is 52.1 Å². The molecule has 164 valence electrons. The van der Waals surface area contributed by atoms with Crippen LogP contribution >= 0.6 is 0 Å². The van der Waals surface area contributed by atoms with E-state index in [1.807, 2.05) is 0 Å². The predicted molar refractivity (Wildman–Crippen MR) is 114 cm³/mol. The van der Waals surface area contributed by atoms with E-state index in [0.717, 1.165) is 32.1 Å². The normalized spacial score (nSPS) is 47.7. The van der Waals surface area contributed by atoms with Crippen LogP contribution in [0.3, 0.4) is 0 Å². The molecule has 4 unspecified atom stereocenters. The van der Waals surface area contributed by atoms with Gasteiger partial charge in [-0.1, -0.05) is 20.8 Å². The third-order valence-electron chi connectivity index (χ3n) is 10.4. The Bertz CT molecular complexity index is 662. The lowest BCUT2D eigenvalue weighted by Gasteiger charge is -2.60. The maximum Gasteiger partial charge on any atom is 0.305 e. The van der Waals surface area contributed by atoms with E-state index in [1.165, 1.54) is 32.8 Å². The van der Waals surface area contributed by atoms with Gasteiger partial charge in [0.2, 0.25) is 0 Å². The van der Waals surface area contributed by atoms with Crippen LogP contribution in [0.1, 0.15) is 85.0 Å². The lowest BCUT2D eigenvalue weighted by atomic mass is 9.44. The van der Waals surface area contributed by atoms with Crippen molar-refractivity contribution in [2.75, 3.05) is 7.11 Å². The summed E-state index contributed by atoms with van der Waals surface area (Å²) >= 11 is 0. The van der Waals surface area contributed by atoms with Crippen molar-refractivity contribution < 1.29 is 14.3 Å². The van der Waals surface area contributed by atoms with Crippen molar-refractivity contribution in [3.8, 4) is 0 Å². The van der Waals surface area contributed by atoms with Gasteiger partial charge in [0.1, 0.15) is 5.78 Å². The summed E-state index contributed by atoms with van der Waals surface area (Å²) in [5, 5.41) is 0. The number of nitrogens with two attached hydrogens (primary N) is 1. The number of hydrogen-bond acceptors (Lipinski definition) is 4. The molecule has 0 aliphatic heterocycles. The zero-order chi connectivity index (χ0) is 21.0. The molecule has 4 nitrogen and oxygen atoms in total. The highest BCUT2D eigenvalue weighted by Gasteiger charge is 2.63. The predicted octanol–water partition coefficient (Wildman–Crippen LogP) is 4.74. The Morgan fingerprint density at radius 3 is 2.66 bits per heavy atom. The number of rotatable bonds is 4. The Kier molecular flexibility index (Phi) is 5.63. The second-order valence-corrected chi connectivity index (χ2v) is 11.4. The number of fused-ring (bicyclic) bond motifs is 5. The first kappa shape index (κ1) is 21.3. The second kappa shape index (κ2) is 7.66. The van der Waals surface area contributed by atoms with E-state index < -0.39 is 0 Å². The van der Waals surface area contributed by atoms with Crippen molar-refractivity contribution in [3.63, 3.8) is 0 Å². The van der Waals surface area contributed by atoms with Crippen LogP contribution in [0.25, 0.3) is 0 Å². The minimum absolute atomic E-state index is 0.131. The van der Waals surface area contributed by atoms with E-state index in [4.69, 9.17) is 10.5 Å². The topological polar surface area (TPSA) is 69.4 Å². The molecule has 0 amide bonds. The Morgan fingerprint density at radius 1 is 1.17 bits per heavy atom. The molecule has 4 rings (SSSR count). The summed E-state index contributed by atoms with van der Waals surface area (Å²) in [4.78, 5) is 25.4. The van der Waals surface area contributed by atoms with Gasteiger partial charge < -0.3 is 10.5 Å². The van der Waals surface area contributed by atoms with Crippen LogP contribution < -0.4 is 5.73 Å². The Balaban J connectivity index is 1.54. The van der Waals surface area contributed by atoms with Gasteiger partial charge in [0.25, 0.3) is 0 Å². The molecule has 0 bridgehead atoms. The average molecular weight is 404 g/mol. The molecule has 4 fully saturated rings. The number of hydrogen-bond donors (Lipinski definition) is 1. The number of ether oxygens (including phenoxy) is 1. The minimum atomic E-state index is -0.190. The molecule has 4 heteroatoms. The van der Waals surface area contributed by atoms with Gasteiger partial charge in [-0.15, -0.1) is 0 Å². The molecule has 0 radical (unpaired) electrons. The maximum atomic E-state index is 13.7. The Hall–Kier alpha value is -0.900. The van der Waals surface area contributed by atoms with Crippen molar-refractivity contribution >= 4 is 11.8 Å². The lowest BCUT2D eigenvalue weighted by Crippen LogP contribution is -2.57. The van der Waals surface area contributed by atoms with Crippen LogP contribution in [0.2, 0.25) is 0 Å². The SMILES string of the molecule is COC(=O)CCC(C)[C@H]1CCC2C3CC[C@@H]4C[C@@H](N)CC[C@]4(C)C3CC(=O)[C@@]21C. The highest BCUT2D eigenvalue weighted by molar-refractivity contribution is 5.87. The molecule has 0 aromatic carbocycles. The summed E-state index contributed by atoms with van der Waals surface area (Å²) in [7, 11) is 1.46. The molecule has 4 aliphatic rings. The molecule has 4 saturated carbocycles. The summed E-state index contributed by atoms with van der Waals surface area (Å²) in [6, 6.07) is 0.362. The molecule has 0 heterocycles. The lowest BCUT2D eigenvalue weighted by molar-refractivity contribution is -0.158. The first-order chi connectivity index (χ1) is 13.7. The highest BCUT2D eigenvalue weighted by Crippen LogP contribution is 2.67. The van der Waals surface area contributed by atoms with Gasteiger partial charge in [0, 0.05) is 24.3 Å². The Labute approximate surface area is 176 Å². The van der Waals surface area contributed by atoms with Crippen molar-refractivity contribution in [1.82, 2.24) is 0 Å². The average Bonchev–Trinajstić information content (AvgIpc) is 3.06. The molecule has 0 aromatic heterocycles. The van der Waals surface area contributed by atoms with Crippen molar-refractivity contribution in [2.45, 2.75) is 91.0 Å². The van der Waals surface area contributed by atoms with Gasteiger partial charge in [0.15, 0.2) is 0 Å². The molecule has 9 atom stereocenters. The molecular formula is C25H41NO3. The van der Waals surface area contributed by atoms with Crippen LogP contribution in [-0.2, 0) is 14.3 Å². The van der Waals surface area contributed by atoms with Gasteiger partial charge in [-0.05, 0) is 92.3 Å². The third kappa shape index (κ3) is 3.28. The van der Waals surface area contributed by atoms with Gasteiger partial charge >= 0.3 is 5.97 Å². The molecule has 0 aromatic rings. The van der Waals surface area contributed by atoms with Crippen molar-refractivity contribution in [3.05, 3.63) is 0 Å². The smallest absolute Gasteiger partial charge is 0.305 e. The van der Waals surface area contributed by atoms with Crippen LogP contribution in [0, 0.1) is 46.3 Å². The fraction of sp³-hybridized carbons (Fsp3) is 0.920. The zero-order valence-corrected chi connectivity index (χ0v) is 18.9. The molecule has 4 aliphatic carbocycles. The number of methoxy groups -OCH3 is 1. The van der Waals surface area contributed by atoms with Crippen LogP contribution in [0.15, 0.2) is 0 Å². The van der Waals surface area contributed by atoms with E-state index in [1.54, 1.807) is 0 Å². The van der Waals surface area contributed by atoms with Crippen LogP contribution in [-0.4, -0.2) is 24.9 Å². The fourth-order valence-corrected chi connectivity index (χ4v) is 8.59. The standard InChI is InChI=1S/C25H41NO3/c1-15(5-10-23(28)29-4)19-8-9-20-18-7-6-16-13-17(26)11-12-24(16,2)21(18)14-22(27)25(19,20)3/h15-21H,5-14,26H2,1-4H3/t15?,16-,17+,18?,19-,20?,21?,24+,25-/m1/s1. The quantitative estimate of drug-likeness (QED) is 0.688. The molecule has 2 N–H and O–H groups in total. The van der Waals surface area contributed by atoms with E-state index >= 15 is 0 Å². The van der Waals surface area contributed by atoms with Crippen LogP contribution in [0.4, 0.5) is 0 Å². The number of Topliss-reactive ketones (excluding diaryl/α,β-unsaturated/α-hetero) is 1. The summed E-state index contributed by atoms with van der Waals surface area (Å²) in [5.41, 5.74) is 6.43. The van der Waals surface area contributed by atoms with Gasteiger partial charge in [-0.25, -0.2) is 0 Å². The molecule has 0 spiro atoms. The highest BCUT2D eigenvalue weighted by atomic mass is 16.5. The number of esters is 1. The van der Waals surface area contributed by atoms with Crippen LogP contribution in [0.5, 0.6) is 0 Å². The maximum absolute atomic E-state index is 13.7. The summed E-state index contributed by atoms with van der Waals surface area (Å²) in [6.45, 7) is 7.02. The first-order valence-electron chi connectivity index (χ1n) is 12.1. The Morgan fingerprint density at radius 2 is 1.93 bits per heavy atom. The zero-order valence-electron chi connectivity index (χ0n) is 18.9. The number of ketones is 1. The van der Waals surface area contributed by atoms with E-state index in [9.17, 15) is 9.59 Å². The van der Waals surface area contributed by atoms with Crippen molar-refractivity contribution in [1.29, 1.82) is 0 Å². The van der Waals surface area contributed by atoms with E-state index in [-0.39, 0.29) is 11.4 Å². The monoisotopic (exact) mass is 403 g/mol. The second-order valence-electron chi connectivity index (χ2n) is 11.4. The fourth-order valence-electron chi connectivity index (χ4n) is 8.59. The largest absolute Gasteiger partial charge is 0.469 e. The number of carbonyl (C=O) groups excluding carboxylic acids is 2. The van der Waals surface area contributed by atoms with E-state index in [0.29, 0.717) is 59.2 Å². The van der Waals surface area contributed by atoms with E-state index in [2.05, 4.69) is 20.8 Å². The molecular weight excluding hydrogens is 362 g/mol. The first-order valence-corrected chi connectivity index (χ1v) is 12.1. The van der Waals surface area contributed by atoms with Gasteiger partial charge in [-0.3, -0.25) is 9.59 Å². The number of carbonyl (C=O) groups is 2. The summed E-state index contributed by atoms with van der Waals surface area (Å²) < 4.78 is 4.84. The minimum Gasteiger partial charge on any atom is -0.469 e. The van der Waals surface area contributed by atoms with Gasteiger partial charge in [-0.2, -0.15) is 0 Å².